The molecular weight excluding hydrogens is 226 g/mol. The first-order chi connectivity index (χ1) is 8.03. The van der Waals surface area contributed by atoms with Crippen molar-refractivity contribution in [2.75, 3.05) is 13.2 Å². The number of carbonyl (C=O) groups is 1. The molecule has 2 rings (SSSR count). The number of esters is 1. The zero-order chi connectivity index (χ0) is 12.5. The normalized spacial score (nSPS) is 34.6. The van der Waals surface area contributed by atoms with Gasteiger partial charge in [-0.15, -0.1) is 0 Å². The minimum Gasteiger partial charge on any atom is -0.463 e. The van der Waals surface area contributed by atoms with Crippen molar-refractivity contribution in [3.63, 3.8) is 0 Å². The summed E-state index contributed by atoms with van der Waals surface area (Å²) in [6.45, 7) is 6.15. The Bertz CT molecular complexity index is 328. The molecule has 0 aliphatic carbocycles. The van der Waals surface area contributed by atoms with Gasteiger partial charge in [0.25, 0.3) is 0 Å². The Labute approximate surface area is 99.8 Å². The van der Waals surface area contributed by atoms with Gasteiger partial charge in [-0.2, -0.15) is 0 Å². The standard InChI is InChI=1S/C11H17NO5/c1-4-14-10(13)9-7(5-12-17-9)8-6-15-11(2,3)16-8/h5,7-9H,4,6H2,1-3H3/t7-,8+,9+/m0/s1. The molecule has 0 aromatic carbocycles. The van der Waals surface area contributed by atoms with Crippen molar-refractivity contribution in [2.45, 2.75) is 38.8 Å². The summed E-state index contributed by atoms with van der Waals surface area (Å²) in [5.41, 5.74) is 0. The molecule has 0 unspecified atom stereocenters. The van der Waals surface area contributed by atoms with Crippen LogP contribution in [0.25, 0.3) is 0 Å². The second-order valence-electron chi connectivity index (χ2n) is 4.48. The Morgan fingerprint density at radius 1 is 1.59 bits per heavy atom. The first-order valence-corrected chi connectivity index (χ1v) is 5.71. The summed E-state index contributed by atoms with van der Waals surface area (Å²) in [5, 5.41) is 3.68. The molecule has 0 spiro atoms. The summed E-state index contributed by atoms with van der Waals surface area (Å²) >= 11 is 0. The molecule has 96 valence electrons. The van der Waals surface area contributed by atoms with E-state index in [-0.39, 0.29) is 12.0 Å². The third-order valence-electron chi connectivity index (χ3n) is 2.74. The van der Waals surface area contributed by atoms with Gasteiger partial charge in [-0.1, -0.05) is 5.16 Å². The van der Waals surface area contributed by atoms with Gasteiger partial charge < -0.3 is 19.0 Å². The molecule has 0 N–H and O–H groups in total. The van der Waals surface area contributed by atoms with E-state index in [2.05, 4.69) is 5.16 Å². The summed E-state index contributed by atoms with van der Waals surface area (Å²) in [6.07, 6.45) is 0.625. The van der Waals surface area contributed by atoms with E-state index in [1.54, 1.807) is 13.1 Å². The van der Waals surface area contributed by atoms with Crippen molar-refractivity contribution in [1.29, 1.82) is 0 Å². The lowest BCUT2D eigenvalue weighted by Gasteiger charge is -2.21. The number of hydrogen-bond acceptors (Lipinski definition) is 6. The molecule has 0 saturated carbocycles. The minimum absolute atomic E-state index is 0.231. The molecule has 1 saturated heterocycles. The first kappa shape index (κ1) is 12.3. The zero-order valence-electron chi connectivity index (χ0n) is 10.2. The van der Waals surface area contributed by atoms with Crippen LogP contribution in [0, 0.1) is 5.92 Å². The number of ether oxygens (including phenoxy) is 3. The van der Waals surface area contributed by atoms with Crippen molar-refractivity contribution in [2.24, 2.45) is 11.1 Å². The van der Waals surface area contributed by atoms with Crippen LogP contribution >= 0.6 is 0 Å². The Hall–Kier alpha value is -1.14. The highest BCUT2D eigenvalue weighted by Gasteiger charge is 2.46. The summed E-state index contributed by atoms with van der Waals surface area (Å²) in [6, 6.07) is 0. The lowest BCUT2D eigenvalue weighted by molar-refractivity contribution is -0.165. The molecule has 1 fully saturated rings. The smallest absolute Gasteiger partial charge is 0.351 e. The van der Waals surface area contributed by atoms with E-state index in [0.717, 1.165) is 0 Å². The largest absolute Gasteiger partial charge is 0.463 e. The lowest BCUT2D eigenvalue weighted by atomic mass is 9.98. The fourth-order valence-corrected chi connectivity index (χ4v) is 1.94. The second-order valence-corrected chi connectivity index (χ2v) is 4.48. The van der Waals surface area contributed by atoms with Gasteiger partial charge in [0.15, 0.2) is 5.79 Å². The fourth-order valence-electron chi connectivity index (χ4n) is 1.94. The topological polar surface area (TPSA) is 66.4 Å². The Morgan fingerprint density at radius 2 is 2.35 bits per heavy atom. The van der Waals surface area contributed by atoms with Gasteiger partial charge >= 0.3 is 5.97 Å². The number of rotatable bonds is 3. The van der Waals surface area contributed by atoms with Crippen LogP contribution in [0.5, 0.6) is 0 Å². The van der Waals surface area contributed by atoms with E-state index in [1.807, 2.05) is 13.8 Å². The van der Waals surface area contributed by atoms with Gasteiger partial charge in [-0.3, -0.25) is 0 Å². The summed E-state index contributed by atoms with van der Waals surface area (Å²) < 4.78 is 16.1. The van der Waals surface area contributed by atoms with E-state index in [0.29, 0.717) is 13.2 Å². The molecule has 17 heavy (non-hydrogen) atoms. The van der Waals surface area contributed by atoms with Crippen molar-refractivity contribution < 1.29 is 23.8 Å². The molecule has 2 aliphatic heterocycles. The van der Waals surface area contributed by atoms with Crippen molar-refractivity contribution in [3.8, 4) is 0 Å². The molecule has 6 heteroatoms. The molecule has 0 aromatic rings. The maximum atomic E-state index is 11.7. The van der Waals surface area contributed by atoms with Crippen LogP contribution < -0.4 is 0 Å². The predicted molar refractivity (Wildman–Crippen MR) is 58.4 cm³/mol. The molecule has 2 aliphatic rings. The summed E-state index contributed by atoms with van der Waals surface area (Å²) in [5.74, 6) is -1.29. The van der Waals surface area contributed by atoms with Gasteiger partial charge in [0.2, 0.25) is 6.10 Å². The van der Waals surface area contributed by atoms with E-state index in [1.165, 1.54) is 0 Å². The highest BCUT2D eigenvalue weighted by atomic mass is 16.7. The van der Waals surface area contributed by atoms with Gasteiger partial charge in [-0.25, -0.2) is 4.79 Å². The molecule has 0 aromatic heterocycles. The van der Waals surface area contributed by atoms with Crippen LogP contribution in [-0.4, -0.2) is 43.4 Å². The third-order valence-corrected chi connectivity index (χ3v) is 2.74. The van der Waals surface area contributed by atoms with Crippen LogP contribution in [0.3, 0.4) is 0 Å². The van der Waals surface area contributed by atoms with E-state index < -0.39 is 17.9 Å². The highest BCUT2D eigenvalue weighted by Crippen LogP contribution is 2.30. The van der Waals surface area contributed by atoms with Gasteiger partial charge in [-0.05, 0) is 20.8 Å². The van der Waals surface area contributed by atoms with Gasteiger partial charge in [0, 0.05) is 0 Å². The number of nitrogens with zero attached hydrogens (tertiary/aromatic N) is 1. The number of carbonyl (C=O) groups excluding carboxylic acids is 1. The predicted octanol–water partition coefficient (Wildman–Crippen LogP) is 0.702. The van der Waals surface area contributed by atoms with Crippen LogP contribution in [0.15, 0.2) is 5.16 Å². The van der Waals surface area contributed by atoms with Crippen LogP contribution in [-0.2, 0) is 23.8 Å². The third kappa shape index (κ3) is 2.58. The lowest BCUT2D eigenvalue weighted by Crippen LogP contribution is -2.39. The summed E-state index contributed by atoms with van der Waals surface area (Å²) in [7, 11) is 0. The van der Waals surface area contributed by atoms with Crippen molar-refractivity contribution in [1.82, 2.24) is 0 Å². The minimum atomic E-state index is -0.725. The Morgan fingerprint density at radius 3 is 2.94 bits per heavy atom. The number of oxime groups is 1. The van der Waals surface area contributed by atoms with Gasteiger partial charge in [0.1, 0.15) is 0 Å². The molecule has 3 atom stereocenters. The number of hydrogen-bond donors (Lipinski definition) is 0. The van der Waals surface area contributed by atoms with E-state index >= 15 is 0 Å². The Balaban J connectivity index is 2.00. The maximum Gasteiger partial charge on any atom is 0.351 e. The van der Waals surface area contributed by atoms with Gasteiger partial charge in [0.05, 0.1) is 31.5 Å². The maximum absolute atomic E-state index is 11.7. The average molecular weight is 243 g/mol. The van der Waals surface area contributed by atoms with Crippen molar-refractivity contribution in [3.05, 3.63) is 0 Å². The molecule has 0 radical (unpaired) electrons. The molecular formula is C11H17NO5. The van der Waals surface area contributed by atoms with Crippen molar-refractivity contribution >= 4 is 12.2 Å². The van der Waals surface area contributed by atoms with Crippen LogP contribution in [0.4, 0.5) is 0 Å². The van der Waals surface area contributed by atoms with E-state index in [4.69, 9.17) is 19.0 Å². The second kappa shape index (κ2) is 4.62. The van der Waals surface area contributed by atoms with E-state index in [9.17, 15) is 4.79 Å². The summed E-state index contributed by atoms with van der Waals surface area (Å²) in [4.78, 5) is 16.7. The molecule has 0 amide bonds. The Kier molecular flexibility index (Phi) is 3.35. The fraction of sp³-hybridized carbons (Fsp3) is 0.818. The quantitative estimate of drug-likeness (QED) is 0.683. The van der Waals surface area contributed by atoms with Crippen LogP contribution in [0.1, 0.15) is 20.8 Å². The van der Waals surface area contributed by atoms with Crippen LogP contribution in [0.2, 0.25) is 0 Å². The zero-order valence-corrected chi connectivity index (χ0v) is 10.2. The molecule has 6 nitrogen and oxygen atoms in total. The average Bonchev–Trinajstić information content (AvgIpc) is 2.84. The SMILES string of the molecule is CCOC(=O)[C@@H]1ON=C[C@H]1[C@H]1COC(C)(C)O1. The first-order valence-electron chi connectivity index (χ1n) is 5.71. The molecule has 0 bridgehead atoms. The highest BCUT2D eigenvalue weighted by molar-refractivity contribution is 5.82. The molecule has 2 heterocycles. The monoisotopic (exact) mass is 243 g/mol.